The molecule has 7 nitrogen and oxygen atoms in total. The van der Waals surface area contributed by atoms with E-state index in [-0.39, 0.29) is 11.9 Å². The van der Waals surface area contributed by atoms with Gasteiger partial charge in [-0.3, -0.25) is 19.5 Å². The molecule has 0 saturated carbocycles. The van der Waals surface area contributed by atoms with Crippen molar-refractivity contribution in [3.63, 3.8) is 0 Å². The summed E-state index contributed by atoms with van der Waals surface area (Å²) in [4.78, 5) is 30.1. The Morgan fingerprint density at radius 1 is 1.24 bits per heavy atom. The number of carbonyl (C=O) groups excluding carboxylic acids is 2. The van der Waals surface area contributed by atoms with E-state index in [0.717, 1.165) is 18.7 Å². The summed E-state index contributed by atoms with van der Waals surface area (Å²) in [5.41, 5.74) is 0.716. The van der Waals surface area contributed by atoms with Crippen LogP contribution < -0.4 is 10.1 Å². The van der Waals surface area contributed by atoms with Crippen molar-refractivity contribution in [2.45, 2.75) is 70.9 Å². The molecule has 162 valence electrons. The molecular formula is C22H35N3O4. The Morgan fingerprint density at radius 3 is 2.69 bits per heavy atom. The first-order valence-electron chi connectivity index (χ1n) is 10.5. The first-order chi connectivity index (χ1) is 13.7. The molecule has 0 unspecified atom stereocenters. The summed E-state index contributed by atoms with van der Waals surface area (Å²) in [5.74, 6) is 0.484. The van der Waals surface area contributed by atoms with E-state index in [1.165, 1.54) is 12.0 Å². The predicted molar refractivity (Wildman–Crippen MR) is 112 cm³/mol. The molecule has 1 atom stereocenters. The van der Waals surface area contributed by atoms with E-state index in [4.69, 9.17) is 9.47 Å². The van der Waals surface area contributed by atoms with Crippen molar-refractivity contribution in [1.29, 1.82) is 0 Å². The number of aromatic nitrogens is 1. The van der Waals surface area contributed by atoms with Gasteiger partial charge in [-0.25, -0.2) is 0 Å². The minimum Gasteiger partial charge on any atom is -0.490 e. The number of likely N-dealkylation sites (tertiary alicyclic amines) is 1. The van der Waals surface area contributed by atoms with Crippen LogP contribution in [0.1, 0.15) is 70.9 Å². The van der Waals surface area contributed by atoms with Crippen LogP contribution in [0.15, 0.2) is 18.5 Å². The Balaban J connectivity index is 1.58. The van der Waals surface area contributed by atoms with Gasteiger partial charge in [-0.1, -0.05) is 0 Å². The van der Waals surface area contributed by atoms with Gasteiger partial charge in [0.05, 0.1) is 12.7 Å². The number of pyridine rings is 1. The minimum absolute atomic E-state index is 0.0303. The van der Waals surface area contributed by atoms with Crippen molar-refractivity contribution >= 4 is 11.9 Å². The van der Waals surface area contributed by atoms with E-state index < -0.39 is 5.60 Å². The number of nitrogens with one attached hydrogen (secondary N) is 1. The fourth-order valence-electron chi connectivity index (χ4n) is 3.42. The van der Waals surface area contributed by atoms with Crippen LogP contribution in [-0.2, 0) is 14.3 Å². The normalized spacial score (nSPS) is 17.2. The topological polar surface area (TPSA) is 80.8 Å². The van der Waals surface area contributed by atoms with Gasteiger partial charge in [0.15, 0.2) is 0 Å². The Hall–Kier alpha value is -2.15. The molecule has 7 heteroatoms. The molecule has 1 aliphatic rings. The zero-order chi connectivity index (χ0) is 21.3. The second-order valence-electron chi connectivity index (χ2n) is 8.58. The van der Waals surface area contributed by atoms with E-state index in [1.54, 1.807) is 6.20 Å². The van der Waals surface area contributed by atoms with E-state index in [9.17, 15) is 9.59 Å². The number of carbonyl (C=O) groups is 2. The number of esters is 1. The van der Waals surface area contributed by atoms with Gasteiger partial charge in [-0.2, -0.15) is 0 Å². The third-order valence-electron chi connectivity index (χ3n) is 4.79. The van der Waals surface area contributed by atoms with Gasteiger partial charge in [0.1, 0.15) is 18.0 Å². The van der Waals surface area contributed by atoms with Gasteiger partial charge in [-0.15, -0.1) is 0 Å². The van der Waals surface area contributed by atoms with E-state index in [0.29, 0.717) is 44.9 Å². The van der Waals surface area contributed by atoms with Crippen LogP contribution in [0, 0.1) is 0 Å². The molecule has 1 amide bonds. The highest BCUT2D eigenvalue weighted by molar-refractivity contribution is 5.76. The lowest BCUT2D eigenvalue weighted by atomic mass is 10.1. The Labute approximate surface area is 174 Å². The van der Waals surface area contributed by atoms with Crippen LogP contribution in [0.25, 0.3) is 0 Å². The highest BCUT2D eigenvalue weighted by atomic mass is 16.6. The molecule has 1 aliphatic heterocycles. The van der Waals surface area contributed by atoms with Crippen LogP contribution >= 0.6 is 0 Å². The third kappa shape index (κ3) is 8.81. The van der Waals surface area contributed by atoms with E-state index >= 15 is 0 Å². The van der Waals surface area contributed by atoms with Crippen LogP contribution in [0.2, 0.25) is 0 Å². The fourth-order valence-corrected chi connectivity index (χ4v) is 3.42. The Bertz CT molecular complexity index is 672. The number of nitrogens with zero attached hydrogens (tertiary/aromatic N) is 2. The molecule has 0 aliphatic carbocycles. The molecule has 0 radical (unpaired) electrons. The van der Waals surface area contributed by atoms with Crippen molar-refractivity contribution in [1.82, 2.24) is 15.2 Å². The predicted octanol–water partition coefficient (Wildman–Crippen LogP) is 3.25. The monoisotopic (exact) mass is 405 g/mol. The Morgan fingerprint density at radius 2 is 2.00 bits per heavy atom. The molecule has 0 aromatic carbocycles. The highest BCUT2D eigenvalue weighted by Crippen LogP contribution is 2.31. The lowest BCUT2D eigenvalue weighted by Crippen LogP contribution is -2.28. The van der Waals surface area contributed by atoms with Crippen LogP contribution in [0.4, 0.5) is 0 Å². The Kier molecular flexibility index (Phi) is 8.89. The zero-order valence-corrected chi connectivity index (χ0v) is 18.2. The molecule has 1 N–H and O–H groups in total. The summed E-state index contributed by atoms with van der Waals surface area (Å²) >= 11 is 0. The first kappa shape index (κ1) is 23.1. The van der Waals surface area contributed by atoms with Crippen LogP contribution in [0.5, 0.6) is 5.75 Å². The average molecular weight is 406 g/mol. The number of unbranched alkanes of at least 4 members (excludes halogenated alkanes) is 1. The number of ether oxygens (including phenoxy) is 2. The maximum Gasteiger partial charge on any atom is 0.306 e. The van der Waals surface area contributed by atoms with Gasteiger partial charge >= 0.3 is 5.97 Å². The molecule has 1 aromatic heterocycles. The third-order valence-corrected chi connectivity index (χ3v) is 4.79. The van der Waals surface area contributed by atoms with Gasteiger partial charge in [0.2, 0.25) is 5.91 Å². The fraction of sp³-hybridized carbons (Fsp3) is 0.682. The van der Waals surface area contributed by atoms with Crippen LogP contribution in [-0.4, -0.2) is 54.1 Å². The smallest absolute Gasteiger partial charge is 0.306 e. The summed E-state index contributed by atoms with van der Waals surface area (Å²) in [6.07, 6.45) is 8.00. The van der Waals surface area contributed by atoms with Crippen molar-refractivity contribution in [3.05, 3.63) is 24.0 Å². The van der Waals surface area contributed by atoms with E-state index in [1.807, 2.05) is 33.0 Å². The standard InChI is InChI=1S/C22H35N3O4/c1-22(2,3)29-21(27)10-6-5-9-20(26)24-11-13-28-18-14-17(15-23-16-18)19-8-7-12-25(19)4/h14-16,19H,5-13H2,1-4H3,(H,24,26)/t19-/m0/s1. The SMILES string of the molecule is CN1CCC[C@H]1c1cncc(OCCNC(=O)CCCCC(=O)OC(C)(C)C)c1. The molecule has 1 fully saturated rings. The zero-order valence-electron chi connectivity index (χ0n) is 18.2. The quantitative estimate of drug-likeness (QED) is 0.475. The second kappa shape index (κ2) is 11.1. The summed E-state index contributed by atoms with van der Waals surface area (Å²) < 4.78 is 11.0. The summed E-state index contributed by atoms with van der Waals surface area (Å²) in [6.45, 7) is 7.49. The number of rotatable bonds is 10. The first-order valence-corrected chi connectivity index (χ1v) is 10.5. The molecule has 2 heterocycles. The number of amides is 1. The van der Waals surface area contributed by atoms with Crippen molar-refractivity contribution in [2.75, 3.05) is 26.7 Å². The van der Waals surface area contributed by atoms with Gasteiger partial charge in [0.25, 0.3) is 0 Å². The van der Waals surface area contributed by atoms with Gasteiger partial charge < -0.3 is 14.8 Å². The summed E-state index contributed by atoms with van der Waals surface area (Å²) in [5, 5.41) is 2.85. The van der Waals surface area contributed by atoms with Crippen molar-refractivity contribution in [2.24, 2.45) is 0 Å². The number of hydrogen-bond donors (Lipinski definition) is 1. The van der Waals surface area contributed by atoms with Gasteiger partial charge in [0, 0.05) is 25.1 Å². The molecular weight excluding hydrogens is 370 g/mol. The van der Waals surface area contributed by atoms with Gasteiger partial charge in [-0.05, 0) is 71.7 Å². The second-order valence-corrected chi connectivity index (χ2v) is 8.58. The lowest BCUT2D eigenvalue weighted by molar-refractivity contribution is -0.155. The average Bonchev–Trinajstić information content (AvgIpc) is 3.07. The molecule has 1 aromatic rings. The largest absolute Gasteiger partial charge is 0.490 e. The lowest BCUT2D eigenvalue weighted by Gasteiger charge is -2.19. The minimum atomic E-state index is -0.462. The maximum atomic E-state index is 11.9. The molecule has 29 heavy (non-hydrogen) atoms. The van der Waals surface area contributed by atoms with E-state index in [2.05, 4.69) is 22.2 Å². The van der Waals surface area contributed by atoms with Crippen LogP contribution in [0.3, 0.4) is 0 Å². The number of hydrogen-bond acceptors (Lipinski definition) is 6. The molecule has 1 saturated heterocycles. The molecule has 0 spiro atoms. The van der Waals surface area contributed by atoms with Crippen molar-refractivity contribution < 1.29 is 19.1 Å². The summed E-state index contributed by atoms with van der Waals surface area (Å²) in [7, 11) is 2.13. The van der Waals surface area contributed by atoms with Crippen molar-refractivity contribution in [3.8, 4) is 5.75 Å². The maximum absolute atomic E-state index is 11.9. The molecule has 2 rings (SSSR count). The highest BCUT2D eigenvalue weighted by Gasteiger charge is 2.23. The molecule has 0 bridgehead atoms. The summed E-state index contributed by atoms with van der Waals surface area (Å²) in [6, 6.07) is 2.45.